The predicted molar refractivity (Wildman–Crippen MR) is 105 cm³/mol. The molecule has 0 aromatic rings. The van der Waals surface area contributed by atoms with E-state index in [9.17, 15) is 4.79 Å². The maximum Gasteiger partial charge on any atom is 0.305 e. The quantitative estimate of drug-likeness (QED) is 0.160. The van der Waals surface area contributed by atoms with E-state index in [2.05, 4.69) is 38.2 Å². The summed E-state index contributed by atoms with van der Waals surface area (Å²) < 4.78 is 5.15. The number of allylic oxidation sites excluding steroid dienone is 4. The Balaban J connectivity index is 3.25. The van der Waals surface area contributed by atoms with Crippen molar-refractivity contribution in [2.75, 3.05) is 6.61 Å². The molecule has 0 rings (SSSR count). The average molecular weight is 337 g/mol. The molecule has 0 aliphatic carbocycles. The lowest BCUT2D eigenvalue weighted by atomic mass is 10.1. The van der Waals surface area contributed by atoms with Gasteiger partial charge in [0.05, 0.1) is 6.61 Å². The minimum absolute atomic E-state index is 0.0205. The third kappa shape index (κ3) is 19.0. The first kappa shape index (κ1) is 22.9. The number of carbonyl (C=O) groups excluding carboxylic acids is 1. The lowest BCUT2D eigenvalue weighted by Crippen LogP contribution is -2.05. The molecule has 2 nitrogen and oxygen atoms in total. The van der Waals surface area contributed by atoms with Gasteiger partial charge in [-0.05, 0) is 38.5 Å². The Morgan fingerprint density at radius 3 is 1.88 bits per heavy atom. The Labute approximate surface area is 150 Å². The molecule has 0 aromatic heterocycles. The monoisotopic (exact) mass is 336 g/mol. The standard InChI is InChI=1S/C22H40O2/c1-3-5-7-8-9-10-11-12-13-14-15-16-17-18-19-20-22(23)24-21-6-4-2/h10-13H,3-9,14-21H2,1-2H3/b11-10-,13-12+. The van der Waals surface area contributed by atoms with Crippen LogP contribution in [0.25, 0.3) is 0 Å². The highest BCUT2D eigenvalue weighted by molar-refractivity contribution is 5.69. The summed E-state index contributed by atoms with van der Waals surface area (Å²) in [5.74, 6) is -0.0205. The van der Waals surface area contributed by atoms with E-state index >= 15 is 0 Å². The van der Waals surface area contributed by atoms with Gasteiger partial charge in [0.25, 0.3) is 0 Å². The van der Waals surface area contributed by atoms with Crippen molar-refractivity contribution in [3.63, 3.8) is 0 Å². The van der Waals surface area contributed by atoms with Crippen LogP contribution in [0, 0.1) is 0 Å². The lowest BCUT2D eigenvalue weighted by molar-refractivity contribution is -0.143. The first-order valence-corrected chi connectivity index (χ1v) is 10.3. The fourth-order valence-corrected chi connectivity index (χ4v) is 2.50. The maximum atomic E-state index is 11.4. The Hall–Kier alpha value is -1.05. The number of hydrogen-bond acceptors (Lipinski definition) is 2. The molecule has 0 spiro atoms. The van der Waals surface area contributed by atoms with Crippen LogP contribution < -0.4 is 0 Å². The van der Waals surface area contributed by atoms with Crippen LogP contribution in [0.5, 0.6) is 0 Å². The molecule has 0 amide bonds. The second kappa shape index (κ2) is 20.0. The molecule has 0 saturated carbocycles. The van der Waals surface area contributed by atoms with Gasteiger partial charge in [-0.25, -0.2) is 0 Å². The van der Waals surface area contributed by atoms with Crippen molar-refractivity contribution in [2.24, 2.45) is 0 Å². The highest BCUT2D eigenvalue weighted by Crippen LogP contribution is 2.08. The van der Waals surface area contributed by atoms with Gasteiger partial charge in [-0.15, -0.1) is 0 Å². The first-order valence-electron chi connectivity index (χ1n) is 10.3. The van der Waals surface area contributed by atoms with Crippen molar-refractivity contribution in [1.29, 1.82) is 0 Å². The molecular formula is C22H40O2. The van der Waals surface area contributed by atoms with Crippen LogP contribution in [0.1, 0.15) is 104 Å². The molecule has 0 heterocycles. The Morgan fingerprint density at radius 1 is 0.708 bits per heavy atom. The third-order valence-electron chi connectivity index (χ3n) is 4.12. The number of unbranched alkanes of at least 4 members (excludes halogenated alkanes) is 10. The minimum atomic E-state index is -0.0205. The van der Waals surface area contributed by atoms with Gasteiger partial charge in [-0.3, -0.25) is 4.79 Å². The van der Waals surface area contributed by atoms with Crippen molar-refractivity contribution in [3.8, 4) is 0 Å². The van der Waals surface area contributed by atoms with E-state index < -0.39 is 0 Å². The summed E-state index contributed by atoms with van der Waals surface area (Å²) in [4.78, 5) is 11.4. The molecular weight excluding hydrogens is 296 g/mol. The normalized spacial score (nSPS) is 11.6. The Kier molecular flexibility index (Phi) is 19.1. The average Bonchev–Trinajstić information content (AvgIpc) is 2.58. The zero-order chi connectivity index (χ0) is 17.7. The Bertz CT molecular complexity index is 318. The summed E-state index contributed by atoms with van der Waals surface area (Å²) in [5.41, 5.74) is 0. The van der Waals surface area contributed by atoms with Gasteiger partial charge >= 0.3 is 5.97 Å². The van der Waals surface area contributed by atoms with Crippen molar-refractivity contribution in [3.05, 3.63) is 24.3 Å². The van der Waals surface area contributed by atoms with Crippen LogP contribution in [0.3, 0.4) is 0 Å². The fraction of sp³-hybridized carbons (Fsp3) is 0.773. The number of rotatable bonds is 17. The summed E-state index contributed by atoms with van der Waals surface area (Å²) in [6.45, 7) is 4.95. The first-order chi connectivity index (χ1) is 11.8. The van der Waals surface area contributed by atoms with E-state index in [0.29, 0.717) is 13.0 Å². The van der Waals surface area contributed by atoms with Gasteiger partial charge in [0.15, 0.2) is 0 Å². The molecule has 0 bridgehead atoms. The summed E-state index contributed by atoms with van der Waals surface area (Å²) >= 11 is 0. The molecule has 140 valence electrons. The van der Waals surface area contributed by atoms with Crippen molar-refractivity contribution in [1.82, 2.24) is 0 Å². The molecule has 0 N–H and O–H groups in total. The lowest BCUT2D eigenvalue weighted by Gasteiger charge is -2.03. The number of hydrogen-bond donors (Lipinski definition) is 0. The smallest absolute Gasteiger partial charge is 0.305 e. The van der Waals surface area contributed by atoms with E-state index in [4.69, 9.17) is 4.74 Å². The third-order valence-corrected chi connectivity index (χ3v) is 4.12. The topological polar surface area (TPSA) is 26.3 Å². The summed E-state index contributed by atoms with van der Waals surface area (Å²) in [7, 11) is 0. The molecule has 0 unspecified atom stereocenters. The summed E-state index contributed by atoms with van der Waals surface area (Å²) in [6, 6.07) is 0. The van der Waals surface area contributed by atoms with Crippen molar-refractivity contribution in [2.45, 2.75) is 104 Å². The number of esters is 1. The van der Waals surface area contributed by atoms with E-state index in [1.807, 2.05) is 0 Å². The largest absolute Gasteiger partial charge is 0.466 e. The van der Waals surface area contributed by atoms with Gasteiger partial charge in [0.2, 0.25) is 0 Å². The molecule has 2 heteroatoms. The van der Waals surface area contributed by atoms with Gasteiger partial charge in [-0.2, -0.15) is 0 Å². The highest BCUT2D eigenvalue weighted by Gasteiger charge is 2.01. The zero-order valence-electron chi connectivity index (χ0n) is 16.2. The highest BCUT2D eigenvalue weighted by atomic mass is 16.5. The maximum absolute atomic E-state index is 11.4. The van der Waals surface area contributed by atoms with Crippen molar-refractivity contribution < 1.29 is 9.53 Å². The van der Waals surface area contributed by atoms with E-state index in [0.717, 1.165) is 25.7 Å². The summed E-state index contributed by atoms with van der Waals surface area (Å²) in [6.07, 6.45) is 25.2. The molecule has 0 aliphatic heterocycles. The zero-order valence-corrected chi connectivity index (χ0v) is 16.2. The molecule has 0 fully saturated rings. The minimum Gasteiger partial charge on any atom is -0.466 e. The molecule has 24 heavy (non-hydrogen) atoms. The molecule has 0 atom stereocenters. The van der Waals surface area contributed by atoms with E-state index in [1.165, 1.54) is 57.8 Å². The predicted octanol–water partition coefficient (Wildman–Crippen LogP) is 7.14. The summed E-state index contributed by atoms with van der Waals surface area (Å²) in [5, 5.41) is 0. The van der Waals surface area contributed by atoms with E-state index in [-0.39, 0.29) is 5.97 Å². The van der Waals surface area contributed by atoms with Crippen LogP contribution in [-0.4, -0.2) is 12.6 Å². The SMILES string of the molecule is CCCCCC/C=C\C=C\CCCCCCCC(=O)OCCCC. The number of carbonyl (C=O) groups is 1. The van der Waals surface area contributed by atoms with Gasteiger partial charge in [-0.1, -0.05) is 83.1 Å². The molecule has 0 aliphatic rings. The molecule has 0 aromatic carbocycles. The Morgan fingerprint density at radius 2 is 1.25 bits per heavy atom. The van der Waals surface area contributed by atoms with Crippen LogP contribution >= 0.6 is 0 Å². The van der Waals surface area contributed by atoms with E-state index in [1.54, 1.807) is 0 Å². The van der Waals surface area contributed by atoms with Gasteiger partial charge in [0.1, 0.15) is 0 Å². The number of ether oxygens (including phenoxy) is 1. The van der Waals surface area contributed by atoms with Gasteiger partial charge < -0.3 is 4.74 Å². The van der Waals surface area contributed by atoms with Crippen LogP contribution in [-0.2, 0) is 9.53 Å². The van der Waals surface area contributed by atoms with Crippen LogP contribution in [0.2, 0.25) is 0 Å². The van der Waals surface area contributed by atoms with Gasteiger partial charge in [0, 0.05) is 6.42 Å². The van der Waals surface area contributed by atoms with Crippen molar-refractivity contribution >= 4 is 5.97 Å². The molecule has 0 saturated heterocycles. The fourth-order valence-electron chi connectivity index (χ4n) is 2.50. The second-order valence-corrected chi connectivity index (χ2v) is 6.59. The van der Waals surface area contributed by atoms with Crippen LogP contribution in [0.4, 0.5) is 0 Å². The van der Waals surface area contributed by atoms with Crippen LogP contribution in [0.15, 0.2) is 24.3 Å². The second-order valence-electron chi connectivity index (χ2n) is 6.59. The molecule has 0 radical (unpaired) electrons.